The second-order valence-corrected chi connectivity index (χ2v) is 4.66. The molecule has 0 fully saturated rings. The Morgan fingerprint density at radius 1 is 1.05 bits per heavy atom. The first-order valence-electron chi connectivity index (χ1n) is 5.69. The minimum absolute atomic E-state index is 0.108. The molecule has 0 aliphatic carbocycles. The topological polar surface area (TPSA) is 9.23 Å². The summed E-state index contributed by atoms with van der Waals surface area (Å²) in [5.41, 5.74) is -1.04. The molecule has 1 nitrogen and oxygen atoms in total. The number of alkyl halides is 3. The van der Waals surface area contributed by atoms with E-state index in [1.54, 1.807) is 0 Å². The van der Waals surface area contributed by atoms with Crippen molar-refractivity contribution in [1.29, 1.82) is 0 Å². The molecule has 0 N–H and O–H groups in total. The molecule has 2 aromatic carbocycles. The van der Waals surface area contributed by atoms with Gasteiger partial charge in [-0.3, -0.25) is 0 Å². The lowest BCUT2D eigenvalue weighted by Gasteiger charge is -2.13. The quantitative estimate of drug-likeness (QED) is 0.641. The van der Waals surface area contributed by atoms with E-state index in [1.165, 1.54) is 13.0 Å². The summed E-state index contributed by atoms with van der Waals surface area (Å²) >= 11 is 5.45. The summed E-state index contributed by atoms with van der Waals surface area (Å²) in [6.07, 6.45) is -4.69. The zero-order valence-corrected chi connectivity index (χ0v) is 11.3. The van der Waals surface area contributed by atoms with Gasteiger partial charge in [0.2, 0.25) is 0 Å². The van der Waals surface area contributed by atoms with Gasteiger partial charge < -0.3 is 4.74 Å². The van der Waals surface area contributed by atoms with Crippen LogP contribution in [0.4, 0.5) is 22.0 Å². The maximum atomic E-state index is 13.7. The molecule has 0 unspecified atom stereocenters. The van der Waals surface area contributed by atoms with Crippen LogP contribution in [0.25, 0.3) is 0 Å². The normalized spacial score (nSPS) is 11.6. The first-order chi connectivity index (χ1) is 9.70. The highest BCUT2D eigenvalue weighted by molar-refractivity contribution is 6.31. The lowest BCUT2D eigenvalue weighted by Crippen LogP contribution is -2.06. The van der Waals surface area contributed by atoms with Crippen LogP contribution in [-0.4, -0.2) is 0 Å². The average molecular weight is 323 g/mol. The molecule has 0 spiro atoms. The molecule has 0 saturated heterocycles. The van der Waals surface area contributed by atoms with Crippen molar-refractivity contribution < 1.29 is 26.7 Å². The number of hydrogen-bond donors (Lipinski definition) is 0. The Bertz CT molecular complexity index is 682. The van der Waals surface area contributed by atoms with Crippen molar-refractivity contribution in [2.24, 2.45) is 0 Å². The lowest BCUT2D eigenvalue weighted by atomic mass is 10.2. The fourth-order valence-corrected chi connectivity index (χ4v) is 1.85. The SMILES string of the molecule is Cc1ccc(F)c(Oc2ccc(Cl)c(C(F)(F)F)c2)c1F. The highest BCUT2D eigenvalue weighted by atomic mass is 35.5. The Labute approximate surface area is 121 Å². The van der Waals surface area contributed by atoms with Gasteiger partial charge in [-0.05, 0) is 36.8 Å². The van der Waals surface area contributed by atoms with Gasteiger partial charge in [-0.1, -0.05) is 17.7 Å². The van der Waals surface area contributed by atoms with E-state index in [-0.39, 0.29) is 11.3 Å². The van der Waals surface area contributed by atoms with Gasteiger partial charge in [-0.15, -0.1) is 0 Å². The number of halogens is 6. The summed E-state index contributed by atoms with van der Waals surface area (Å²) in [7, 11) is 0. The minimum atomic E-state index is -4.69. The Kier molecular flexibility index (Phi) is 4.09. The van der Waals surface area contributed by atoms with Crippen LogP contribution in [0.2, 0.25) is 5.02 Å². The Morgan fingerprint density at radius 2 is 1.71 bits per heavy atom. The molecule has 0 saturated carbocycles. The Hall–Kier alpha value is -1.82. The molecule has 0 heterocycles. The number of rotatable bonds is 2. The molecule has 112 valence electrons. The van der Waals surface area contributed by atoms with Gasteiger partial charge in [0.05, 0.1) is 10.6 Å². The number of aryl methyl sites for hydroxylation is 1. The van der Waals surface area contributed by atoms with Gasteiger partial charge in [0.15, 0.2) is 17.4 Å². The third-order valence-electron chi connectivity index (χ3n) is 2.71. The molecule has 0 amide bonds. The highest BCUT2D eigenvalue weighted by Gasteiger charge is 2.33. The largest absolute Gasteiger partial charge is 0.451 e. The van der Waals surface area contributed by atoms with Gasteiger partial charge >= 0.3 is 6.18 Å². The fourth-order valence-electron chi connectivity index (χ4n) is 1.63. The molecule has 0 aliphatic heterocycles. The summed E-state index contributed by atoms with van der Waals surface area (Å²) in [4.78, 5) is 0. The third-order valence-corrected chi connectivity index (χ3v) is 3.03. The first kappa shape index (κ1) is 15.6. The Morgan fingerprint density at radius 3 is 2.33 bits per heavy atom. The summed E-state index contributed by atoms with van der Waals surface area (Å²) in [5.74, 6) is -3.11. The van der Waals surface area contributed by atoms with Crippen LogP contribution in [0.1, 0.15) is 11.1 Å². The van der Waals surface area contributed by atoms with Crippen molar-refractivity contribution in [3.8, 4) is 11.5 Å². The van der Waals surface area contributed by atoms with Crippen molar-refractivity contribution in [3.63, 3.8) is 0 Å². The van der Waals surface area contributed by atoms with Crippen LogP contribution in [-0.2, 0) is 6.18 Å². The molecule has 0 aromatic heterocycles. The predicted molar refractivity (Wildman–Crippen MR) is 67.6 cm³/mol. The van der Waals surface area contributed by atoms with E-state index in [0.29, 0.717) is 6.07 Å². The van der Waals surface area contributed by atoms with E-state index in [1.807, 2.05) is 0 Å². The predicted octanol–water partition coefficient (Wildman–Crippen LogP) is 5.74. The molecular formula is C14H8ClF5O. The zero-order valence-electron chi connectivity index (χ0n) is 10.6. The van der Waals surface area contributed by atoms with E-state index in [9.17, 15) is 22.0 Å². The van der Waals surface area contributed by atoms with Gasteiger partial charge in [-0.2, -0.15) is 13.2 Å². The summed E-state index contributed by atoms with van der Waals surface area (Å²) in [5, 5.41) is -0.528. The van der Waals surface area contributed by atoms with Crippen LogP contribution in [0.15, 0.2) is 30.3 Å². The molecule has 0 bridgehead atoms. The van der Waals surface area contributed by atoms with E-state index in [2.05, 4.69) is 0 Å². The summed E-state index contributed by atoms with van der Waals surface area (Å²) in [6, 6.07) is 4.79. The van der Waals surface area contributed by atoms with Crippen LogP contribution in [0, 0.1) is 18.6 Å². The van der Waals surface area contributed by atoms with E-state index >= 15 is 0 Å². The average Bonchev–Trinajstić information content (AvgIpc) is 2.40. The highest BCUT2D eigenvalue weighted by Crippen LogP contribution is 2.38. The molecule has 0 radical (unpaired) electrons. The van der Waals surface area contributed by atoms with Crippen LogP contribution in [0.5, 0.6) is 11.5 Å². The Balaban J connectivity index is 2.44. The minimum Gasteiger partial charge on any atom is -0.451 e. The van der Waals surface area contributed by atoms with E-state index < -0.39 is 34.1 Å². The smallest absolute Gasteiger partial charge is 0.417 e. The summed E-state index contributed by atoms with van der Waals surface area (Å²) < 4.78 is 70.3. The summed E-state index contributed by atoms with van der Waals surface area (Å²) in [6.45, 7) is 1.38. The number of ether oxygens (including phenoxy) is 1. The van der Waals surface area contributed by atoms with Crippen LogP contribution < -0.4 is 4.74 Å². The zero-order chi connectivity index (χ0) is 15.8. The first-order valence-corrected chi connectivity index (χ1v) is 6.07. The maximum Gasteiger partial charge on any atom is 0.417 e. The van der Waals surface area contributed by atoms with Gasteiger partial charge in [-0.25, -0.2) is 8.78 Å². The number of hydrogen-bond acceptors (Lipinski definition) is 1. The van der Waals surface area contributed by atoms with Crippen molar-refractivity contribution in [2.45, 2.75) is 13.1 Å². The van der Waals surface area contributed by atoms with Gasteiger partial charge in [0.25, 0.3) is 0 Å². The van der Waals surface area contributed by atoms with Crippen molar-refractivity contribution >= 4 is 11.6 Å². The second-order valence-electron chi connectivity index (χ2n) is 4.25. The molecule has 21 heavy (non-hydrogen) atoms. The fraction of sp³-hybridized carbons (Fsp3) is 0.143. The standard InChI is InChI=1S/C14H8ClF5O/c1-7-2-5-11(16)13(12(7)17)21-8-3-4-10(15)9(6-8)14(18,19)20/h2-6H,1H3. The third kappa shape index (κ3) is 3.26. The van der Waals surface area contributed by atoms with E-state index in [0.717, 1.165) is 18.2 Å². The molecule has 0 aliphatic rings. The monoisotopic (exact) mass is 322 g/mol. The van der Waals surface area contributed by atoms with Crippen LogP contribution in [0.3, 0.4) is 0 Å². The van der Waals surface area contributed by atoms with Crippen LogP contribution >= 0.6 is 11.6 Å². The molecular weight excluding hydrogens is 315 g/mol. The van der Waals surface area contributed by atoms with Crippen molar-refractivity contribution in [1.82, 2.24) is 0 Å². The van der Waals surface area contributed by atoms with Gasteiger partial charge in [0, 0.05) is 0 Å². The molecule has 2 aromatic rings. The molecule has 2 rings (SSSR count). The molecule has 7 heteroatoms. The maximum absolute atomic E-state index is 13.7. The van der Waals surface area contributed by atoms with Crippen molar-refractivity contribution in [3.05, 3.63) is 58.1 Å². The van der Waals surface area contributed by atoms with Crippen molar-refractivity contribution in [2.75, 3.05) is 0 Å². The second kappa shape index (κ2) is 5.52. The molecule has 0 atom stereocenters. The number of benzene rings is 2. The van der Waals surface area contributed by atoms with E-state index in [4.69, 9.17) is 16.3 Å². The van der Waals surface area contributed by atoms with Gasteiger partial charge in [0.1, 0.15) is 5.75 Å². The lowest BCUT2D eigenvalue weighted by molar-refractivity contribution is -0.137.